The quantitative estimate of drug-likeness (QED) is 0.231. The van der Waals surface area contributed by atoms with Gasteiger partial charge in [-0.3, -0.25) is 9.10 Å². The Bertz CT molecular complexity index is 1330. The molecule has 0 heterocycles. The second-order valence-corrected chi connectivity index (χ2v) is 9.67. The largest absolute Gasteiger partial charge is 0.482 e. The van der Waals surface area contributed by atoms with Crippen molar-refractivity contribution in [1.82, 2.24) is 5.43 Å². The van der Waals surface area contributed by atoms with E-state index in [9.17, 15) is 18.0 Å². The molecule has 0 radical (unpaired) electrons. The molecule has 0 saturated heterocycles. The molecule has 0 bridgehead atoms. The number of para-hydroxylation sites is 1. The van der Waals surface area contributed by atoms with Crippen LogP contribution >= 0.6 is 0 Å². The molecule has 0 saturated carbocycles. The third-order valence-electron chi connectivity index (χ3n) is 5.01. The van der Waals surface area contributed by atoms with Crippen molar-refractivity contribution >= 4 is 33.8 Å². The highest BCUT2D eigenvalue weighted by molar-refractivity contribution is 7.92. The Hall–Kier alpha value is -4.38. The summed E-state index contributed by atoms with van der Waals surface area (Å²) in [5.41, 5.74) is 3.32. The number of hydrogen-bond donors (Lipinski definition) is 1. The lowest BCUT2D eigenvalue weighted by Crippen LogP contribution is -2.46. The van der Waals surface area contributed by atoms with Crippen LogP contribution in [0.25, 0.3) is 0 Å². The molecule has 194 valence electrons. The molecule has 3 aromatic carbocycles. The summed E-state index contributed by atoms with van der Waals surface area (Å²) in [6.45, 7) is 1.26. The number of anilines is 1. The monoisotopic (exact) mass is 525 g/mol. The number of esters is 1. The van der Waals surface area contributed by atoms with Crippen LogP contribution in [0.2, 0.25) is 0 Å². The van der Waals surface area contributed by atoms with Gasteiger partial charge in [0.05, 0.1) is 25.3 Å². The predicted octanol–water partition coefficient (Wildman–Crippen LogP) is 3.34. The highest BCUT2D eigenvalue weighted by Crippen LogP contribution is 2.27. The van der Waals surface area contributed by atoms with E-state index in [1.54, 1.807) is 60.7 Å². The van der Waals surface area contributed by atoms with Crippen molar-refractivity contribution in [2.45, 2.75) is 13.0 Å². The summed E-state index contributed by atoms with van der Waals surface area (Å²) in [6, 6.07) is 21.1. The average molecular weight is 526 g/mol. The minimum absolute atomic E-state index is 0.211. The van der Waals surface area contributed by atoms with Crippen molar-refractivity contribution in [1.29, 1.82) is 0 Å². The van der Waals surface area contributed by atoms with Crippen LogP contribution in [-0.2, 0) is 24.3 Å². The van der Waals surface area contributed by atoms with Crippen molar-refractivity contribution < 1.29 is 32.2 Å². The van der Waals surface area contributed by atoms with Gasteiger partial charge in [-0.2, -0.15) is 5.10 Å². The van der Waals surface area contributed by atoms with Crippen LogP contribution in [-0.4, -0.2) is 52.5 Å². The molecule has 1 amide bonds. The summed E-state index contributed by atoms with van der Waals surface area (Å²) in [5, 5.41) is 3.92. The minimum Gasteiger partial charge on any atom is -0.482 e. The van der Waals surface area contributed by atoms with E-state index in [0.29, 0.717) is 28.5 Å². The standard InChI is InChI=1S/C26H27N3O7S/c1-19(26(31)28-27-17-20-9-13-22(14-10-20)35-18-25(30)34-2)29(37(3,32)33)21-11-15-24(16-12-21)36-23-7-5-4-6-8-23/h4-17,19H,18H2,1-3H3,(H,28,31)/b27-17-/t19-/m1/s1. The Morgan fingerprint density at radius 1 is 0.946 bits per heavy atom. The van der Waals surface area contributed by atoms with Gasteiger partial charge in [-0.1, -0.05) is 18.2 Å². The van der Waals surface area contributed by atoms with E-state index < -0.39 is 27.9 Å². The first kappa shape index (κ1) is 27.2. The lowest BCUT2D eigenvalue weighted by molar-refractivity contribution is -0.142. The van der Waals surface area contributed by atoms with E-state index in [2.05, 4.69) is 15.3 Å². The molecule has 0 aromatic heterocycles. The number of benzene rings is 3. The Morgan fingerprint density at radius 3 is 2.14 bits per heavy atom. The van der Waals surface area contributed by atoms with E-state index in [4.69, 9.17) is 9.47 Å². The number of sulfonamides is 1. The van der Waals surface area contributed by atoms with Crippen LogP contribution in [0.5, 0.6) is 17.2 Å². The Labute approximate surface area is 215 Å². The number of carbonyl (C=O) groups is 2. The first-order valence-electron chi connectivity index (χ1n) is 11.1. The molecule has 0 spiro atoms. The van der Waals surface area contributed by atoms with Gasteiger partial charge >= 0.3 is 5.97 Å². The topological polar surface area (TPSA) is 124 Å². The van der Waals surface area contributed by atoms with Crippen molar-refractivity contribution in [3.63, 3.8) is 0 Å². The fourth-order valence-electron chi connectivity index (χ4n) is 3.21. The summed E-state index contributed by atoms with van der Waals surface area (Å²) in [6.07, 6.45) is 2.42. The summed E-state index contributed by atoms with van der Waals surface area (Å²) < 4.78 is 41.6. The third kappa shape index (κ3) is 8.07. The zero-order valence-corrected chi connectivity index (χ0v) is 21.3. The molecule has 3 rings (SSSR count). The van der Waals surface area contributed by atoms with Crippen LogP contribution < -0.4 is 19.2 Å². The zero-order chi connectivity index (χ0) is 26.8. The van der Waals surface area contributed by atoms with Crippen molar-refractivity contribution in [2.75, 3.05) is 24.3 Å². The molecule has 1 atom stereocenters. The molecular weight excluding hydrogens is 498 g/mol. The maximum Gasteiger partial charge on any atom is 0.343 e. The van der Waals surface area contributed by atoms with Gasteiger partial charge in [0, 0.05) is 0 Å². The lowest BCUT2D eigenvalue weighted by atomic mass is 10.2. The molecule has 37 heavy (non-hydrogen) atoms. The summed E-state index contributed by atoms with van der Waals surface area (Å²) in [4.78, 5) is 23.9. The molecular formula is C26H27N3O7S. The van der Waals surface area contributed by atoms with Crippen LogP contribution in [0.1, 0.15) is 12.5 Å². The summed E-state index contributed by atoms with van der Waals surface area (Å²) in [5.74, 6) is 0.506. The molecule has 0 aliphatic carbocycles. The van der Waals surface area contributed by atoms with Crippen molar-refractivity contribution in [2.24, 2.45) is 5.10 Å². The highest BCUT2D eigenvalue weighted by atomic mass is 32.2. The maximum absolute atomic E-state index is 12.7. The number of ether oxygens (including phenoxy) is 3. The fourth-order valence-corrected chi connectivity index (χ4v) is 4.38. The van der Waals surface area contributed by atoms with Gasteiger partial charge in [-0.25, -0.2) is 18.6 Å². The number of nitrogens with zero attached hydrogens (tertiary/aromatic N) is 2. The lowest BCUT2D eigenvalue weighted by Gasteiger charge is -2.27. The molecule has 0 aliphatic rings. The first-order chi connectivity index (χ1) is 17.7. The van der Waals surface area contributed by atoms with Gasteiger partial charge in [-0.05, 0) is 73.2 Å². The molecule has 0 fully saturated rings. The summed E-state index contributed by atoms with van der Waals surface area (Å²) in [7, 11) is -2.53. The van der Waals surface area contributed by atoms with Gasteiger partial charge in [0.25, 0.3) is 5.91 Å². The van der Waals surface area contributed by atoms with Gasteiger partial charge in [0.1, 0.15) is 23.3 Å². The molecule has 0 aliphatic heterocycles. The average Bonchev–Trinajstić information content (AvgIpc) is 2.88. The number of hydrogen-bond acceptors (Lipinski definition) is 8. The second-order valence-electron chi connectivity index (χ2n) is 7.81. The first-order valence-corrected chi connectivity index (χ1v) is 13.0. The number of hydrazone groups is 1. The van der Waals surface area contributed by atoms with E-state index in [1.165, 1.54) is 20.2 Å². The number of amides is 1. The van der Waals surface area contributed by atoms with Gasteiger partial charge in [0.15, 0.2) is 6.61 Å². The number of rotatable bonds is 11. The van der Waals surface area contributed by atoms with Crippen molar-refractivity contribution in [3.8, 4) is 17.2 Å². The van der Waals surface area contributed by atoms with Gasteiger partial charge < -0.3 is 14.2 Å². The van der Waals surface area contributed by atoms with Crippen LogP contribution in [0.3, 0.4) is 0 Å². The van der Waals surface area contributed by atoms with Crippen LogP contribution in [0.4, 0.5) is 5.69 Å². The molecule has 10 nitrogen and oxygen atoms in total. The Kier molecular flexibility index (Phi) is 9.22. The second kappa shape index (κ2) is 12.5. The molecule has 11 heteroatoms. The minimum atomic E-state index is -3.80. The number of carbonyl (C=O) groups excluding carboxylic acids is 2. The molecule has 1 N–H and O–H groups in total. The molecule has 0 unspecified atom stereocenters. The maximum atomic E-state index is 12.7. The Balaban J connectivity index is 1.63. The normalized spacial score (nSPS) is 12.0. The predicted molar refractivity (Wildman–Crippen MR) is 139 cm³/mol. The Morgan fingerprint density at radius 2 is 1.54 bits per heavy atom. The SMILES string of the molecule is COC(=O)COc1ccc(/C=N\NC(=O)[C@@H](C)N(c2ccc(Oc3ccccc3)cc2)S(C)(=O)=O)cc1. The number of nitrogens with one attached hydrogen (secondary N) is 1. The van der Waals surface area contributed by atoms with E-state index >= 15 is 0 Å². The molecule has 3 aromatic rings. The highest BCUT2D eigenvalue weighted by Gasteiger charge is 2.29. The van der Waals surface area contributed by atoms with E-state index in [-0.39, 0.29) is 6.61 Å². The summed E-state index contributed by atoms with van der Waals surface area (Å²) >= 11 is 0. The zero-order valence-electron chi connectivity index (χ0n) is 20.5. The number of methoxy groups -OCH3 is 1. The van der Waals surface area contributed by atoms with E-state index in [1.807, 2.05) is 18.2 Å². The van der Waals surface area contributed by atoms with Crippen LogP contribution in [0, 0.1) is 0 Å². The fraction of sp³-hybridized carbons (Fsp3) is 0.192. The smallest absolute Gasteiger partial charge is 0.343 e. The van der Waals surface area contributed by atoms with Crippen molar-refractivity contribution in [3.05, 3.63) is 84.4 Å². The van der Waals surface area contributed by atoms with Gasteiger partial charge in [0.2, 0.25) is 10.0 Å². The van der Waals surface area contributed by atoms with Crippen LogP contribution in [0.15, 0.2) is 84.0 Å². The van der Waals surface area contributed by atoms with Gasteiger partial charge in [-0.15, -0.1) is 0 Å². The van der Waals surface area contributed by atoms with E-state index in [0.717, 1.165) is 10.6 Å². The third-order valence-corrected chi connectivity index (χ3v) is 6.25.